The van der Waals surface area contributed by atoms with Crippen LogP contribution in [0.15, 0.2) is 65.8 Å². The summed E-state index contributed by atoms with van der Waals surface area (Å²) in [6, 6.07) is 18.0. The van der Waals surface area contributed by atoms with Gasteiger partial charge in [0.15, 0.2) is 10.8 Å². The first-order valence-corrected chi connectivity index (χ1v) is 11.2. The van der Waals surface area contributed by atoms with Gasteiger partial charge >= 0.3 is 6.03 Å². The molecule has 1 aliphatic rings. The van der Waals surface area contributed by atoms with Crippen molar-refractivity contribution in [3.63, 3.8) is 0 Å². The second-order valence-electron chi connectivity index (χ2n) is 7.91. The molecule has 1 saturated heterocycles. The Morgan fingerprint density at radius 2 is 1.82 bits per heavy atom. The third kappa shape index (κ3) is 3.48. The van der Waals surface area contributed by atoms with Crippen molar-refractivity contribution in [2.75, 3.05) is 5.75 Å². The minimum Gasteiger partial charge on any atom is -0.318 e. The van der Waals surface area contributed by atoms with Crippen molar-refractivity contribution in [2.24, 2.45) is 0 Å². The highest BCUT2D eigenvalue weighted by atomic mass is 32.2. The first-order valence-electron chi connectivity index (χ1n) is 10.3. The first-order chi connectivity index (χ1) is 15.9. The van der Waals surface area contributed by atoms with Gasteiger partial charge in [-0.1, -0.05) is 60.3 Å². The molecule has 2 aromatic carbocycles. The minimum atomic E-state index is -1.25. The summed E-state index contributed by atoms with van der Waals surface area (Å²) in [6.07, 6.45) is 0. The normalized spacial score (nSPS) is 18.2. The van der Waals surface area contributed by atoms with E-state index >= 15 is 0 Å². The number of rotatable bonds is 5. The molecule has 3 heterocycles. The van der Waals surface area contributed by atoms with Crippen molar-refractivity contribution in [1.82, 2.24) is 30.3 Å². The van der Waals surface area contributed by atoms with Gasteiger partial charge in [-0.2, -0.15) is 5.01 Å². The molecule has 5 rings (SSSR count). The number of carbonyl (C=O) groups is 3. The van der Waals surface area contributed by atoms with Crippen molar-refractivity contribution in [2.45, 2.75) is 24.5 Å². The number of aryl methyl sites for hydroxylation is 1. The smallest absolute Gasteiger partial charge is 0.318 e. The van der Waals surface area contributed by atoms with Gasteiger partial charge in [0.25, 0.3) is 5.91 Å². The highest BCUT2D eigenvalue weighted by Gasteiger charge is 2.49. The quantitative estimate of drug-likeness (QED) is 0.350. The number of pyridine rings is 1. The van der Waals surface area contributed by atoms with Gasteiger partial charge in [0, 0.05) is 5.39 Å². The van der Waals surface area contributed by atoms with Gasteiger partial charge in [-0.3, -0.25) is 19.4 Å². The summed E-state index contributed by atoms with van der Waals surface area (Å²) in [5.41, 5.74) is 4.50. The molecule has 0 saturated carbocycles. The van der Waals surface area contributed by atoms with Crippen molar-refractivity contribution in [3.05, 3.63) is 71.8 Å². The summed E-state index contributed by atoms with van der Waals surface area (Å²) in [7, 11) is 0. The van der Waals surface area contributed by atoms with Crippen LogP contribution in [0, 0.1) is 6.92 Å². The molecule has 10 heteroatoms. The van der Waals surface area contributed by atoms with Crippen molar-refractivity contribution < 1.29 is 14.4 Å². The number of aromatic nitrogens is 3. The fraction of sp³-hybridized carbons (Fsp3) is 0.174. The largest absolute Gasteiger partial charge is 0.344 e. The summed E-state index contributed by atoms with van der Waals surface area (Å²) >= 11 is 1.18. The zero-order valence-electron chi connectivity index (χ0n) is 17.9. The van der Waals surface area contributed by atoms with Crippen LogP contribution in [-0.4, -0.2) is 43.2 Å². The lowest BCUT2D eigenvalue weighted by molar-refractivity contribution is -0.138. The average Bonchev–Trinajstić information content (AvgIpc) is 3.33. The molecule has 1 aliphatic heterocycles. The Morgan fingerprint density at radius 1 is 1.09 bits per heavy atom. The highest BCUT2D eigenvalue weighted by Crippen LogP contribution is 2.28. The van der Waals surface area contributed by atoms with E-state index < -0.39 is 23.4 Å². The topological polar surface area (TPSA) is 109 Å². The van der Waals surface area contributed by atoms with E-state index in [1.807, 2.05) is 47.7 Å². The van der Waals surface area contributed by atoms with E-state index in [-0.39, 0.29) is 5.75 Å². The molecule has 0 radical (unpaired) electrons. The molecule has 1 unspecified atom stereocenters. The predicted molar refractivity (Wildman–Crippen MR) is 123 cm³/mol. The van der Waals surface area contributed by atoms with Gasteiger partial charge in [0.2, 0.25) is 5.91 Å². The lowest BCUT2D eigenvalue weighted by Crippen LogP contribution is -2.48. The molecule has 2 N–H and O–H groups in total. The minimum absolute atomic E-state index is 0.0535. The molecule has 166 valence electrons. The Balaban J connectivity index is 1.33. The molecular weight excluding hydrogens is 440 g/mol. The standard InChI is InChI=1S/C23H20N6O3S/c1-14-12-18-25-26-22(28(18)17-11-7-6-10-16(14)17)33-13-19(30)27-29-20(31)23(2,24-21(29)32)15-8-4-3-5-9-15/h3-12H,13H2,1-2H3,(H,24,32)(H,27,30). The third-order valence-electron chi connectivity index (χ3n) is 5.68. The van der Waals surface area contributed by atoms with Crippen LogP contribution in [0.3, 0.4) is 0 Å². The van der Waals surface area contributed by atoms with Crippen molar-refractivity contribution in [3.8, 4) is 0 Å². The molecule has 33 heavy (non-hydrogen) atoms. The van der Waals surface area contributed by atoms with E-state index in [0.29, 0.717) is 16.4 Å². The fourth-order valence-electron chi connectivity index (χ4n) is 3.96. The number of amides is 4. The number of hydrazine groups is 1. The lowest BCUT2D eigenvalue weighted by atomic mass is 9.92. The maximum absolute atomic E-state index is 13.0. The van der Waals surface area contributed by atoms with E-state index in [9.17, 15) is 14.4 Å². The lowest BCUT2D eigenvalue weighted by Gasteiger charge is -2.22. The number of hydrogen-bond acceptors (Lipinski definition) is 6. The predicted octanol–water partition coefficient (Wildman–Crippen LogP) is 2.78. The summed E-state index contributed by atoms with van der Waals surface area (Å²) in [5, 5.41) is 13.4. The summed E-state index contributed by atoms with van der Waals surface area (Å²) in [5.74, 6) is -1.11. The zero-order valence-corrected chi connectivity index (χ0v) is 18.7. The van der Waals surface area contributed by atoms with Crippen molar-refractivity contribution >= 4 is 46.2 Å². The van der Waals surface area contributed by atoms with E-state index in [1.54, 1.807) is 31.2 Å². The van der Waals surface area contributed by atoms with E-state index in [0.717, 1.165) is 21.5 Å². The summed E-state index contributed by atoms with van der Waals surface area (Å²) in [4.78, 5) is 38.0. The summed E-state index contributed by atoms with van der Waals surface area (Å²) in [6.45, 7) is 3.62. The number of carbonyl (C=O) groups excluding carboxylic acids is 3. The molecule has 1 atom stereocenters. The van der Waals surface area contributed by atoms with Gasteiger partial charge in [-0.15, -0.1) is 10.2 Å². The van der Waals surface area contributed by atoms with Gasteiger partial charge in [-0.05, 0) is 37.1 Å². The SMILES string of the molecule is Cc1cc2nnc(SCC(=O)NN3C(=O)NC(C)(c4ccccc4)C3=O)n2c2ccccc12. The Labute approximate surface area is 193 Å². The van der Waals surface area contributed by atoms with Crippen LogP contribution >= 0.6 is 11.8 Å². The fourth-order valence-corrected chi connectivity index (χ4v) is 4.71. The van der Waals surface area contributed by atoms with Gasteiger partial charge in [0.1, 0.15) is 5.54 Å². The van der Waals surface area contributed by atoms with Crippen LogP contribution in [-0.2, 0) is 15.1 Å². The van der Waals surface area contributed by atoms with Crippen LogP contribution < -0.4 is 10.7 Å². The second kappa shape index (κ2) is 7.89. The van der Waals surface area contributed by atoms with Crippen LogP contribution in [0.1, 0.15) is 18.1 Å². The maximum Gasteiger partial charge on any atom is 0.344 e. The third-order valence-corrected chi connectivity index (χ3v) is 6.61. The van der Waals surface area contributed by atoms with E-state index in [2.05, 4.69) is 20.9 Å². The number of nitrogens with one attached hydrogen (secondary N) is 2. The maximum atomic E-state index is 13.0. The van der Waals surface area contributed by atoms with Gasteiger partial charge < -0.3 is 5.32 Å². The second-order valence-corrected chi connectivity index (χ2v) is 8.85. The number of nitrogens with zero attached hydrogens (tertiary/aromatic N) is 4. The van der Waals surface area contributed by atoms with Gasteiger partial charge in [-0.25, -0.2) is 4.79 Å². The van der Waals surface area contributed by atoms with Crippen LogP contribution in [0.25, 0.3) is 16.6 Å². The van der Waals surface area contributed by atoms with Crippen LogP contribution in [0.2, 0.25) is 0 Å². The van der Waals surface area contributed by atoms with E-state index in [4.69, 9.17) is 0 Å². The average molecular weight is 461 g/mol. The number of imide groups is 1. The molecule has 0 aliphatic carbocycles. The number of thioether (sulfide) groups is 1. The number of fused-ring (bicyclic) bond motifs is 3. The molecule has 1 fully saturated rings. The monoisotopic (exact) mass is 460 g/mol. The van der Waals surface area contributed by atoms with Crippen molar-refractivity contribution in [1.29, 1.82) is 0 Å². The van der Waals surface area contributed by atoms with E-state index in [1.165, 1.54) is 11.8 Å². The Hall–Kier alpha value is -3.92. The first kappa shape index (κ1) is 21.0. The molecule has 2 aromatic heterocycles. The number of para-hydroxylation sites is 1. The number of urea groups is 1. The zero-order chi connectivity index (χ0) is 23.2. The molecule has 9 nitrogen and oxygen atoms in total. The molecule has 0 spiro atoms. The van der Waals surface area contributed by atoms with Gasteiger partial charge in [0.05, 0.1) is 11.3 Å². The van der Waals surface area contributed by atoms with Crippen LogP contribution in [0.5, 0.6) is 0 Å². The number of hydrogen-bond donors (Lipinski definition) is 2. The molecule has 4 aromatic rings. The number of benzene rings is 2. The highest BCUT2D eigenvalue weighted by molar-refractivity contribution is 7.99. The molecule has 0 bridgehead atoms. The Kier molecular flexibility index (Phi) is 5.01. The Morgan fingerprint density at radius 3 is 2.61 bits per heavy atom. The van der Waals surface area contributed by atoms with Crippen LogP contribution in [0.4, 0.5) is 4.79 Å². The molecular formula is C23H20N6O3S. The Bertz CT molecular complexity index is 1420. The summed E-state index contributed by atoms with van der Waals surface area (Å²) < 4.78 is 1.89. The molecule has 4 amide bonds.